The third-order valence-electron chi connectivity index (χ3n) is 7.68. The average molecular weight is 585 g/mol. The van der Waals surface area contributed by atoms with E-state index < -0.39 is 41.0 Å². The lowest BCUT2D eigenvalue weighted by molar-refractivity contribution is -0.160. The van der Waals surface area contributed by atoms with E-state index in [1.165, 1.54) is 7.11 Å². The quantitative estimate of drug-likeness (QED) is 0.271. The van der Waals surface area contributed by atoms with Crippen LogP contribution in [0.3, 0.4) is 0 Å². The number of ether oxygens (including phenoxy) is 4. The van der Waals surface area contributed by atoms with Gasteiger partial charge >= 0.3 is 11.9 Å². The smallest absolute Gasteiger partial charge is 0.334 e. The van der Waals surface area contributed by atoms with Gasteiger partial charge in [0, 0.05) is 41.0 Å². The number of rotatable bonds is 9. The molecule has 2 aliphatic carbocycles. The second-order valence-electron chi connectivity index (χ2n) is 11.8. The highest BCUT2D eigenvalue weighted by molar-refractivity contribution is 6.00. The molecule has 224 valence electrons. The Morgan fingerprint density at radius 1 is 1.07 bits per heavy atom. The molecule has 1 heterocycles. The Labute approximate surface area is 250 Å². The molecule has 1 amide bonds. The number of nitrogens with zero attached hydrogens (tertiary/aromatic N) is 1. The number of hydrogen-bond acceptors (Lipinski definition) is 8. The van der Waals surface area contributed by atoms with Gasteiger partial charge in [0.2, 0.25) is 5.91 Å². The first-order valence-electron chi connectivity index (χ1n) is 14.2. The minimum atomic E-state index is -1.22. The van der Waals surface area contributed by atoms with Crippen LogP contribution in [0.4, 0.5) is 0 Å². The molecule has 1 saturated carbocycles. The number of nitrogens with one attached hydrogen (secondary N) is 1. The summed E-state index contributed by atoms with van der Waals surface area (Å²) in [6, 6.07) is 17.1. The van der Waals surface area contributed by atoms with Crippen LogP contribution >= 0.6 is 0 Å². The monoisotopic (exact) mass is 584 g/mol. The van der Waals surface area contributed by atoms with Gasteiger partial charge in [-0.25, -0.2) is 14.6 Å². The molecule has 9 nitrogen and oxygen atoms in total. The summed E-state index contributed by atoms with van der Waals surface area (Å²) in [5.74, 6) is -1.63. The highest BCUT2D eigenvalue weighted by Crippen LogP contribution is 2.47. The number of carbonyl (C=O) groups is 3. The lowest BCUT2D eigenvalue weighted by Gasteiger charge is -2.26. The van der Waals surface area contributed by atoms with Gasteiger partial charge in [0.05, 0.1) is 31.3 Å². The van der Waals surface area contributed by atoms with Gasteiger partial charge < -0.3 is 24.3 Å². The number of hydrogen-bond donors (Lipinski definition) is 1. The standard InChI is InChI=1S/C34H36N2O7/c1-7-21-19-34(21,32(39)43-33(2,3)4)36-30(37)25-15-23(16-26(25)31(38)41-6)42-29-18-27(20-11-9-8-10-12-20)35-28-17-22(40-5)13-14-24(28)29/h7-14,16-18,21,23,25H,1,15,19H2,2-6H3,(H,36,37)/t21-,23?,25?,34-/m1/s1. The molecular formula is C34H36N2O7. The van der Waals surface area contributed by atoms with E-state index in [9.17, 15) is 14.4 Å². The van der Waals surface area contributed by atoms with Crippen LogP contribution in [0.1, 0.15) is 33.6 Å². The molecular weight excluding hydrogens is 548 g/mol. The van der Waals surface area contributed by atoms with Crippen molar-refractivity contribution in [2.24, 2.45) is 11.8 Å². The molecule has 1 aromatic heterocycles. The molecule has 2 aromatic carbocycles. The van der Waals surface area contributed by atoms with Crippen LogP contribution in [0.15, 0.2) is 78.9 Å². The number of methoxy groups -OCH3 is 2. The maximum absolute atomic E-state index is 13.7. The zero-order valence-electron chi connectivity index (χ0n) is 25.0. The van der Waals surface area contributed by atoms with Gasteiger partial charge in [-0.3, -0.25) is 4.79 Å². The van der Waals surface area contributed by atoms with Crippen LogP contribution in [-0.2, 0) is 23.9 Å². The molecule has 9 heteroatoms. The fourth-order valence-electron chi connectivity index (χ4n) is 5.40. The first-order chi connectivity index (χ1) is 20.5. The Hall–Kier alpha value is -4.66. The van der Waals surface area contributed by atoms with Crippen molar-refractivity contribution in [2.75, 3.05) is 14.2 Å². The number of esters is 2. The fraction of sp³-hybridized carbons (Fsp3) is 0.353. The molecule has 0 saturated heterocycles. The number of aromatic nitrogens is 1. The molecule has 0 radical (unpaired) electrons. The molecule has 4 atom stereocenters. The van der Waals surface area contributed by atoms with Gasteiger partial charge in [-0.15, -0.1) is 6.58 Å². The number of pyridine rings is 1. The second-order valence-corrected chi connectivity index (χ2v) is 11.8. The number of benzene rings is 2. The maximum Gasteiger partial charge on any atom is 0.334 e. The Bertz CT molecular complexity index is 1610. The maximum atomic E-state index is 13.7. The molecule has 0 bridgehead atoms. The Balaban J connectivity index is 1.44. The topological polar surface area (TPSA) is 113 Å². The summed E-state index contributed by atoms with van der Waals surface area (Å²) in [5, 5.41) is 3.63. The van der Waals surface area contributed by atoms with E-state index in [1.807, 2.05) is 54.6 Å². The van der Waals surface area contributed by atoms with Gasteiger partial charge in [-0.1, -0.05) is 36.4 Å². The van der Waals surface area contributed by atoms with E-state index in [1.54, 1.807) is 40.0 Å². The summed E-state index contributed by atoms with van der Waals surface area (Å²) in [6.45, 7) is 9.11. The highest BCUT2D eigenvalue weighted by atomic mass is 16.6. The predicted molar refractivity (Wildman–Crippen MR) is 161 cm³/mol. The van der Waals surface area contributed by atoms with Crippen molar-refractivity contribution in [1.82, 2.24) is 10.3 Å². The Morgan fingerprint density at radius 3 is 2.44 bits per heavy atom. The van der Waals surface area contributed by atoms with Crippen LogP contribution in [0.5, 0.6) is 11.5 Å². The summed E-state index contributed by atoms with van der Waals surface area (Å²) in [7, 11) is 2.85. The second kappa shape index (κ2) is 11.6. The number of carbonyl (C=O) groups excluding carboxylic acids is 3. The normalized spacial score (nSPS) is 22.7. The average Bonchev–Trinajstić information content (AvgIpc) is 3.55. The van der Waals surface area contributed by atoms with Crippen molar-refractivity contribution >= 4 is 28.7 Å². The molecule has 5 rings (SSSR count). The highest BCUT2D eigenvalue weighted by Gasteiger charge is 2.62. The van der Waals surface area contributed by atoms with Crippen LogP contribution in [0.25, 0.3) is 22.2 Å². The van der Waals surface area contributed by atoms with E-state index in [2.05, 4.69) is 11.9 Å². The lowest BCUT2D eigenvalue weighted by atomic mass is 9.99. The molecule has 3 aromatic rings. The summed E-state index contributed by atoms with van der Waals surface area (Å²) < 4.78 is 22.5. The molecule has 43 heavy (non-hydrogen) atoms. The number of amides is 1. The van der Waals surface area contributed by atoms with Gasteiger partial charge in [0.1, 0.15) is 28.7 Å². The number of fused-ring (bicyclic) bond motifs is 1. The zero-order chi connectivity index (χ0) is 30.9. The first-order valence-corrected chi connectivity index (χ1v) is 14.2. The van der Waals surface area contributed by atoms with E-state index in [0.717, 1.165) is 10.9 Å². The molecule has 1 N–H and O–H groups in total. The van der Waals surface area contributed by atoms with Gasteiger partial charge in [0.25, 0.3) is 0 Å². The van der Waals surface area contributed by atoms with E-state index >= 15 is 0 Å². The SMILES string of the molecule is C=C[C@@H]1C[C@]1(NC(=O)C1CC(Oc2cc(-c3ccccc3)nc3cc(OC)ccc23)C=C1C(=O)OC)C(=O)OC(C)(C)C. The van der Waals surface area contributed by atoms with Crippen molar-refractivity contribution < 1.29 is 33.3 Å². The molecule has 2 unspecified atom stereocenters. The Morgan fingerprint density at radius 2 is 1.81 bits per heavy atom. The van der Waals surface area contributed by atoms with Gasteiger partial charge in [-0.2, -0.15) is 0 Å². The molecule has 1 fully saturated rings. The van der Waals surface area contributed by atoms with Crippen LogP contribution in [0, 0.1) is 11.8 Å². The van der Waals surface area contributed by atoms with E-state index in [-0.39, 0.29) is 17.9 Å². The van der Waals surface area contributed by atoms with Crippen molar-refractivity contribution in [3.63, 3.8) is 0 Å². The zero-order valence-corrected chi connectivity index (χ0v) is 25.0. The van der Waals surface area contributed by atoms with Gasteiger partial charge in [-0.05, 0) is 45.4 Å². The third kappa shape index (κ3) is 6.11. The van der Waals surface area contributed by atoms with Gasteiger partial charge in [0.15, 0.2) is 0 Å². The lowest BCUT2D eigenvalue weighted by Crippen LogP contribution is -2.50. The summed E-state index contributed by atoms with van der Waals surface area (Å²) in [4.78, 5) is 44.5. The Kier molecular flexibility index (Phi) is 8.01. The van der Waals surface area contributed by atoms with Crippen molar-refractivity contribution in [3.05, 3.63) is 78.9 Å². The minimum Gasteiger partial charge on any atom is -0.497 e. The third-order valence-corrected chi connectivity index (χ3v) is 7.68. The van der Waals surface area contributed by atoms with Crippen molar-refractivity contribution in [2.45, 2.75) is 50.9 Å². The molecule has 0 spiro atoms. The largest absolute Gasteiger partial charge is 0.497 e. The summed E-state index contributed by atoms with van der Waals surface area (Å²) in [5.41, 5.74) is 0.483. The molecule has 2 aliphatic rings. The van der Waals surface area contributed by atoms with E-state index in [0.29, 0.717) is 29.1 Å². The van der Waals surface area contributed by atoms with Crippen molar-refractivity contribution in [3.8, 4) is 22.8 Å². The summed E-state index contributed by atoms with van der Waals surface area (Å²) >= 11 is 0. The van der Waals surface area contributed by atoms with Crippen LogP contribution in [-0.4, -0.2) is 54.3 Å². The van der Waals surface area contributed by atoms with Crippen LogP contribution in [0.2, 0.25) is 0 Å². The van der Waals surface area contributed by atoms with E-state index in [4.69, 9.17) is 23.9 Å². The first kappa shape index (κ1) is 29.8. The molecule has 0 aliphatic heterocycles. The van der Waals surface area contributed by atoms with Crippen molar-refractivity contribution in [1.29, 1.82) is 0 Å². The fourth-order valence-corrected chi connectivity index (χ4v) is 5.40. The minimum absolute atomic E-state index is 0.167. The van der Waals surface area contributed by atoms with Crippen LogP contribution < -0.4 is 14.8 Å². The summed E-state index contributed by atoms with van der Waals surface area (Å²) in [6.07, 6.45) is 3.16. The predicted octanol–water partition coefficient (Wildman–Crippen LogP) is 5.18.